The van der Waals surface area contributed by atoms with E-state index in [9.17, 15) is 9.50 Å². The van der Waals surface area contributed by atoms with Crippen LogP contribution in [0.1, 0.15) is 30.4 Å². The number of nitrogens with zero attached hydrogens (tertiary/aromatic N) is 1. The van der Waals surface area contributed by atoms with Crippen LogP contribution in [0.2, 0.25) is 0 Å². The molecular formula is C14H20FN3O. The number of benzene rings is 1. The Kier molecular flexibility index (Phi) is 4.50. The fraction of sp³-hybridized carbons (Fsp3) is 0.500. The summed E-state index contributed by atoms with van der Waals surface area (Å²) in [5.41, 5.74) is 6.04. The largest absolute Gasteiger partial charge is 0.395 e. The maximum Gasteiger partial charge on any atom is 0.138 e. The van der Waals surface area contributed by atoms with Crippen molar-refractivity contribution in [2.24, 2.45) is 5.73 Å². The number of rotatable bonds is 4. The second-order valence-corrected chi connectivity index (χ2v) is 5.00. The lowest BCUT2D eigenvalue weighted by Gasteiger charge is -2.34. The van der Waals surface area contributed by atoms with E-state index in [1.165, 1.54) is 6.07 Å². The van der Waals surface area contributed by atoms with Crippen LogP contribution in [0.4, 0.5) is 4.39 Å². The molecule has 4 N–H and O–H groups in total. The number of piperidine rings is 1. The molecule has 104 valence electrons. The molecule has 0 radical (unpaired) electrons. The van der Waals surface area contributed by atoms with Gasteiger partial charge in [0.25, 0.3) is 0 Å². The van der Waals surface area contributed by atoms with Gasteiger partial charge in [0.05, 0.1) is 12.2 Å². The summed E-state index contributed by atoms with van der Waals surface area (Å²) in [4.78, 5) is 2.10. The summed E-state index contributed by atoms with van der Waals surface area (Å²) >= 11 is 0. The molecule has 2 rings (SSSR count). The molecule has 19 heavy (non-hydrogen) atoms. The standard InChI is InChI=1S/C14H20FN3O/c15-13-10(4-3-6-12(13)14(16)17)8-18-7-2-1-5-11(18)9-19/h3-4,6,11,19H,1-2,5,7-9H2,(H3,16,17). The summed E-state index contributed by atoms with van der Waals surface area (Å²) < 4.78 is 14.2. The highest BCUT2D eigenvalue weighted by atomic mass is 19.1. The van der Waals surface area contributed by atoms with Gasteiger partial charge in [-0.2, -0.15) is 0 Å². The molecule has 1 aliphatic heterocycles. The zero-order chi connectivity index (χ0) is 13.8. The number of hydrogen-bond acceptors (Lipinski definition) is 3. The van der Waals surface area contributed by atoms with Gasteiger partial charge in [-0.05, 0) is 25.5 Å². The van der Waals surface area contributed by atoms with Gasteiger partial charge in [-0.15, -0.1) is 0 Å². The number of hydrogen-bond donors (Lipinski definition) is 3. The molecule has 0 aliphatic carbocycles. The quantitative estimate of drug-likeness (QED) is 0.570. The van der Waals surface area contributed by atoms with Crippen LogP contribution in [-0.2, 0) is 6.54 Å². The van der Waals surface area contributed by atoms with Gasteiger partial charge < -0.3 is 10.8 Å². The molecule has 4 nitrogen and oxygen atoms in total. The molecule has 1 heterocycles. The summed E-state index contributed by atoms with van der Waals surface area (Å²) in [6.07, 6.45) is 3.13. The number of nitrogens with two attached hydrogens (primary N) is 1. The van der Waals surface area contributed by atoms with Crippen LogP contribution in [0.5, 0.6) is 0 Å². The Morgan fingerprint density at radius 2 is 2.26 bits per heavy atom. The predicted octanol–water partition coefficient (Wildman–Crippen LogP) is 1.46. The fourth-order valence-electron chi connectivity index (χ4n) is 2.60. The molecule has 0 spiro atoms. The van der Waals surface area contributed by atoms with Crippen molar-refractivity contribution in [3.05, 3.63) is 35.1 Å². The van der Waals surface area contributed by atoms with Crippen molar-refractivity contribution in [1.29, 1.82) is 5.41 Å². The molecule has 1 aromatic carbocycles. The van der Waals surface area contributed by atoms with Gasteiger partial charge in [0.15, 0.2) is 0 Å². The van der Waals surface area contributed by atoms with Gasteiger partial charge in [-0.1, -0.05) is 18.6 Å². The topological polar surface area (TPSA) is 73.3 Å². The van der Waals surface area contributed by atoms with E-state index in [4.69, 9.17) is 11.1 Å². The third kappa shape index (κ3) is 3.11. The number of nitrogen functional groups attached to an aromatic ring is 1. The van der Waals surface area contributed by atoms with E-state index in [-0.39, 0.29) is 24.0 Å². The summed E-state index contributed by atoms with van der Waals surface area (Å²) in [6, 6.07) is 5.05. The van der Waals surface area contributed by atoms with Crippen molar-refractivity contribution >= 4 is 5.84 Å². The SMILES string of the molecule is N=C(N)c1cccc(CN2CCCCC2CO)c1F. The molecule has 5 heteroatoms. The van der Waals surface area contributed by atoms with Crippen molar-refractivity contribution in [3.8, 4) is 0 Å². The minimum Gasteiger partial charge on any atom is -0.395 e. The first-order chi connectivity index (χ1) is 9.13. The third-order valence-electron chi connectivity index (χ3n) is 3.70. The van der Waals surface area contributed by atoms with E-state index in [1.807, 2.05) is 0 Å². The van der Waals surface area contributed by atoms with Crippen molar-refractivity contribution in [2.45, 2.75) is 31.8 Å². The van der Waals surface area contributed by atoms with E-state index in [2.05, 4.69) is 4.90 Å². The molecule has 1 fully saturated rings. The molecule has 1 atom stereocenters. The minimum absolute atomic E-state index is 0.105. The maximum absolute atomic E-state index is 14.2. The van der Waals surface area contributed by atoms with E-state index < -0.39 is 5.82 Å². The Morgan fingerprint density at radius 3 is 2.95 bits per heavy atom. The molecule has 1 aliphatic rings. The number of halogens is 1. The molecule has 0 bridgehead atoms. The van der Waals surface area contributed by atoms with Gasteiger partial charge in [0, 0.05) is 18.2 Å². The van der Waals surface area contributed by atoms with Crippen molar-refractivity contribution in [3.63, 3.8) is 0 Å². The van der Waals surface area contributed by atoms with Crippen molar-refractivity contribution in [2.75, 3.05) is 13.2 Å². The van der Waals surface area contributed by atoms with Gasteiger partial charge in [-0.3, -0.25) is 10.3 Å². The zero-order valence-electron chi connectivity index (χ0n) is 10.9. The smallest absolute Gasteiger partial charge is 0.138 e. The molecule has 0 saturated carbocycles. The van der Waals surface area contributed by atoms with Crippen molar-refractivity contribution in [1.82, 2.24) is 4.90 Å². The van der Waals surface area contributed by atoms with Crippen LogP contribution >= 0.6 is 0 Å². The van der Waals surface area contributed by atoms with Crippen LogP contribution in [0.15, 0.2) is 18.2 Å². The monoisotopic (exact) mass is 265 g/mol. The lowest BCUT2D eigenvalue weighted by Crippen LogP contribution is -2.41. The van der Waals surface area contributed by atoms with Gasteiger partial charge in [0.2, 0.25) is 0 Å². The highest BCUT2D eigenvalue weighted by Crippen LogP contribution is 2.21. The molecular weight excluding hydrogens is 245 g/mol. The maximum atomic E-state index is 14.2. The number of likely N-dealkylation sites (tertiary alicyclic amines) is 1. The van der Waals surface area contributed by atoms with Crippen LogP contribution < -0.4 is 5.73 Å². The van der Waals surface area contributed by atoms with Crippen molar-refractivity contribution < 1.29 is 9.50 Å². The lowest BCUT2D eigenvalue weighted by atomic mass is 10.0. The Balaban J connectivity index is 2.18. The highest BCUT2D eigenvalue weighted by molar-refractivity contribution is 5.95. The summed E-state index contributed by atoms with van der Waals surface area (Å²) in [5, 5.41) is 16.7. The Labute approximate surface area is 112 Å². The van der Waals surface area contributed by atoms with Crippen LogP contribution in [0.25, 0.3) is 0 Å². The Bertz CT molecular complexity index is 464. The third-order valence-corrected chi connectivity index (χ3v) is 3.70. The van der Waals surface area contributed by atoms with Crippen LogP contribution in [0.3, 0.4) is 0 Å². The second-order valence-electron chi connectivity index (χ2n) is 5.00. The van der Waals surface area contributed by atoms with Crippen LogP contribution in [-0.4, -0.2) is 35.0 Å². The van der Waals surface area contributed by atoms with E-state index in [0.717, 1.165) is 25.8 Å². The number of aliphatic hydroxyl groups excluding tert-OH is 1. The second kappa shape index (κ2) is 6.12. The minimum atomic E-state index is -0.419. The average molecular weight is 265 g/mol. The van der Waals surface area contributed by atoms with Gasteiger partial charge in [-0.25, -0.2) is 4.39 Å². The first-order valence-corrected chi connectivity index (χ1v) is 6.60. The molecule has 0 amide bonds. The molecule has 1 unspecified atom stereocenters. The highest BCUT2D eigenvalue weighted by Gasteiger charge is 2.23. The normalized spacial score (nSPS) is 20.4. The van der Waals surface area contributed by atoms with E-state index in [1.54, 1.807) is 12.1 Å². The first-order valence-electron chi connectivity index (χ1n) is 6.60. The predicted molar refractivity (Wildman–Crippen MR) is 72.6 cm³/mol. The lowest BCUT2D eigenvalue weighted by molar-refractivity contribution is 0.0832. The molecule has 0 aromatic heterocycles. The fourth-order valence-corrected chi connectivity index (χ4v) is 2.60. The number of amidine groups is 1. The molecule has 1 saturated heterocycles. The molecule has 1 aromatic rings. The van der Waals surface area contributed by atoms with E-state index >= 15 is 0 Å². The average Bonchev–Trinajstić information content (AvgIpc) is 2.41. The summed E-state index contributed by atoms with van der Waals surface area (Å²) in [5.74, 6) is -0.672. The Morgan fingerprint density at radius 1 is 1.47 bits per heavy atom. The number of nitrogens with one attached hydrogen (secondary N) is 1. The summed E-state index contributed by atoms with van der Waals surface area (Å²) in [7, 11) is 0. The zero-order valence-corrected chi connectivity index (χ0v) is 10.9. The van der Waals surface area contributed by atoms with Crippen LogP contribution in [0, 0.1) is 11.2 Å². The van der Waals surface area contributed by atoms with Gasteiger partial charge in [0.1, 0.15) is 11.7 Å². The first kappa shape index (κ1) is 14.0. The Hall–Kier alpha value is -1.46. The number of aliphatic hydroxyl groups is 1. The summed E-state index contributed by atoms with van der Waals surface area (Å²) in [6.45, 7) is 1.43. The van der Waals surface area contributed by atoms with Gasteiger partial charge >= 0.3 is 0 Å². The van der Waals surface area contributed by atoms with E-state index in [0.29, 0.717) is 12.1 Å².